The molecule has 2 N–H and O–H groups in total. The van der Waals surface area contributed by atoms with E-state index < -0.39 is 12.2 Å². The van der Waals surface area contributed by atoms with Gasteiger partial charge in [0, 0.05) is 12.3 Å². The molecule has 0 amide bonds. The third-order valence-electron chi connectivity index (χ3n) is 4.22. The van der Waals surface area contributed by atoms with Gasteiger partial charge in [-0.1, -0.05) is 27.7 Å². The Hall–Kier alpha value is -1.57. The van der Waals surface area contributed by atoms with E-state index in [9.17, 15) is 10.2 Å². The molecule has 7 nitrogen and oxygen atoms in total. The normalized spacial score (nSPS) is 25.1. The molecule has 0 saturated carbocycles. The summed E-state index contributed by atoms with van der Waals surface area (Å²) in [6, 6.07) is 0. The Morgan fingerprint density at radius 1 is 1.26 bits per heavy atom. The maximum atomic E-state index is 9.96. The van der Waals surface area contributed by atoms with Gasteiger partial charge in [0.2, 0.25) is 0 Å². The average Bonchev–Trinajstić information content (AvgIpc) is 3.08. The lowest BCUT2D eigenvalue weighted by atomic mass is 10.1. The van der Waals surface area contributed by atoms with Gasteiger partial charge in [-0.25, -0.2) is 15.0 Å². The number of imidazole rings is 1. The quantitative estimate of drug-likeness (QED) is 0.891. The Bertz CT molecular complexity index is 698. The smallest absolute Gasteiger partial charge is 0.165 e. The summed E-state index contributed by atoms with van der Waals surface area (Å²) in [5.74, 6) is 1.22. The summed E-state index contributed by atoms with van der Waals surface area (Å²) >= 11 is 0. The molecule has 7 heteroatoms. The van der Waals surface area contributed by atoms with Crippen LogP contribution in [0.2, 0.25) is 0 Å². The summed E-state index contributed by atoms with van der Waals surface area (Å²) in [4.78, 5) is 13.8. The lowest BCUT2D eigenvalue weighted by molar-refractivity contribution is -0.0432. The van der Waals surface area contributed by atoms with Crippen molar-refractivity contribution in [1.82, 2.24) is 19.5 Å². The molecule has 1 aliphatic rings. The van der Waals surface area contributed by atoms with E-state index in [1.807, 2.05) is 4.57 Å². The topological polar surface area (TPSA) is 93.3 Å². The number of aliphatic hydroxyl groups excluding tert-OH is 2. The Kier molecular flexibility index (Phi) is 4.35. The largest absolute Gasteiger partial charge is 0.394 e. The highest BCUT2D eigenvalue weighted by Crippen LogP contribution is 2.32. The molecule has 3 heterocycles. The number of hydrogen-bond donors (Lipinski definition) is 2. The highest BCUT2D eigenvalue weighted by atomic mass is 16.5. The van der Waals surface area contributed by atoms with Crippen molar-refractivity contribution in [2.45, 2.75) is 64.4 Å². The third kappa shape index (κ3) is 2.84. The van der Waals surface area contributed by atoms with Gasteiger partial charge in [-0.15, -0.1) is 0 Å². The number of rotatable bonds is 4. The average molecular weight is 320 g/mol. The molecule has 3 atom stereocenters. The van der Waals surface area contributed by atoms with Gasteiger partial charge in [-0.05, 0) is 5.92 Å². The zero-order chi connectivity index (χ0) is 16.7. The molecule has 3 unspecified atom stereocenters. The monoisotopic (exact) mass is 320 g/mol. The lowest BCUT2D eigenvalue weighted by Crippen LogP contribution is -2.24. The number of hydrogen-bond acceptors (Lipinski definition) is 6. The molecular weight excluding hydrogens is 296 g/mol. The first-order chi connectivity index (χ1) is 10.9. The van der Waals surface area contributed by atoms with Crippen LogP contribution in [0.1, 0.15) is 63.7 Å². The van der Waals surface area contributed by atoms with Gasteiger partial charge in [0.1, 0.15) is 23.7 Å². The van der Waals surface area contributed by atoms with Gasteiger partial charge in [-0.3, -0.25) is 4.57 Å². The maximum absolute atomic E-state index is 9.96. The standard InChI is InChI=1S/C16H24N4O3/c1-8(2)13-14-16(19-15(18-13)9(3)4)20(7-17-14)12-5-10(22)11(6-21)23-12/h7-12,21-22H,5-6H2,1-4H3. The highest BCUT2D eigenvalue weighted by molar-refractivity contribution is 5.74. The van der Waals surface area contributed by atoms with Crippen LogP contribution in [0.3, 0.4) is 0 Å². The van der Waals surface area contributed by atoms with E-state index in [0.29, 0.717) is 6.42 Å². The molecule has 0 aliphatic carbocycles. The molecule has 2 aromatic heterocycles. The molecule has 1 aliphatic heterocycles. The summed E-state index contributed by atoms with van der Waals surface area (Å²) in [6.07, 6.45) is 0.482. The molecule has 1 saturated heterocycles. The Morgan fingerprint density at radius 3 is 2.57 bits per heavy atom. The van der Waals surface area contributed by atoms with Crippen LogP contribution in [0.25, 0.3) is 11.2 Å². The lowest BCUT2D eigenvalue weighted by Gasteiger charge is -2.15. The molecular formula is C16H24N4O3. The zero-order valence-corrected chi connectivity index (χ0v) is 14.0. The molecule has 126 valence electrons. The Balaban J connectivity index is 2.09. The van der Waals surface area contributed by atoms with Crippen LogP contribution in [-0.2, 0) is 4.74 Å². The molecule has 3 rings (SSSR count). The van der Waals surface area contributed by atoms with Gasteiger partial charge in [0.05, 0.1) is 24.7 Å². The van der Waals surface area contributed by atoms with E-state index in [2.05, 4.69) is 42.6 Å². The van der Waals surface area contributed by atoms with E-state index in [0.717, 1.165) is 22.7 Å². The SMILES string of the molecule is CC(C)c1nc(C(C)C)c2ncn(C3CC(O)C(CO)O3)c2n1. The maximum Gasteiger partial charge on any atom is 0.165 e. The van der Waals surface area contributed by atoms with Gasteiger partial charge in [0.25, 0.3) is 0 Å². The van der Waals surface area contributed by atoms with Crippen LogP contribution in [0, 0.1) is 0 Å². The summed E-state index contributed by atoms with van der Waals surface area (Å²) in [6.45, 7) is 8.09. The van der Waals surface area contributed by atoms with Gasteiger partial charge >= 0.3 is 0 Å². The fraction of sp³-hybridized carbons (Fsp3) is 0.688. The van der Waals surface area contributed by atoms with Crippen LogP contribution in [0.5, 0.6) is 0 Å². The van der Waals surface area contributed by atoms with E-state index in [4.69, 9.17) is 4.74 Å². The van der Waals surface area contributed by atoms with Crippen molar-refractivity contribution in [2.75, 3.05) is 6.61 Å². The predicted octanol–water partition coefficient (Wildman–Crippen LogP) is 1.71. The highest BCUT2D eigenvalue weighted by Gasteiger charge is 2.35. The van der Waals surface area contributed by atoms with Crippen molar-refractivity contribution in [1.29, 1.82) is 0 Å². The van der Waals surface area contributed by atoms with E-state index in [-0.39, 0.29) is 24.7 Å². The first-order valence-electron chi connectivity index (χ1n) is 8.11. The number of aromatic nitrogens is 4. The number of aliphatic hydroxyl groups is 2. The minimum Gasteiger partial charge on any atom is -0.394 e. The second kappa shape index (κ2) is 6.14. The Labute approximate surface area is 135 Å². The molecule has 0 aromatic carbocycles. The summed E-state index contributed by atoms with van der Waals surface area (Å²) in [5.41, 5.74) is 2.42. The van der Waals surface area contributed by atoms with E-state index >= 15 is 0 Å². The van der Waals surface area contributed by atoms with E-state index in [1.165, 1.54) is 0 Å². The first-order valence-corrected chi connectivity index (χ1v) is 8.11. The zero-order valence-electron chi connectivity index (χ0n) is 14.0. The predicted molar refractivity (Wildman–Crippen MR) is 85.1 cm³/mol. The molecule has 0 spiro atoms. The third-order valence-corrected chi connectivity index (χ3v) is 4.22. The molecule has 2 aromatic rings. The summed E-state index contributed by atoms with van der Waals surface area (Å²) in [5, 5.41) is 19.2. The number of nitrogens with zero attached hydrogens (tertiary/aromatic N) is 4. The minimum atomic E-state index is -0.682. The fourth-order valence-corrected chi connectivity index (χ4v) is 2.88. The second-order valence-electron chi connectivity index (χ2n) is 6.72. The van der Waals surface area contributed by atoms with Gasteiger partial charge in [-0.2, -0.15) is 0 Å². The van der Waals surface area contributed by atoms with Crippen molar-refractivity contribution >= 4 is 11.2 Å². The number of ether oxygens (including phenoxy) is 1. The first kappa shape index (κ1) is 16.3. The van der Waals surface area contributed by atoms with Crippen LogP contribution in [0.15, 0.2) is 6.33 Å². The van der Waals surface area contributed by atoms with Gasteiger partial charge < -0.3 is 14.9 Å². The Morgan fingerprint density at radius 2 is 2.00 bits per heavy atom. The molecule has 23 heavy (non-hydrogen) atoms. The van der Waals surface area contributed by atoms with Crippen molar-refractivity contribution in [3.8, 4) is 0 Å². The van der Waals surface area contributed by atoms with Crippen molar-refractivity contribution in [3.05, 3.63) is 17.8 Å². The molecule has 1 fully saturated rings. The van der Waals surface area contributed by atoms with Crippen LogP contribution in [0.4, 0.5) is 0 Å². The van der Waals surface area contributed by atoms with Crippen molar-refractivity contribution in [2.24, 2.45) is 0 Å². The van der Waals surface area contributed by atoms with Crippen molar-refractivity contribution < 1.29 is 14.9 Å². The van der Waals surface area contributed by atoms with Crippen LogP contribution < -0.4 is 0 Å². The van der Waals surface area contributed by atoms with Crippen LogP contribution >= 0.6 is 0 Å². The van der Waals surface area contributed by atoms with Crippen molar-refractivity contribution in [3.63, 3.8) is 0 Å². The van der Waals surface area contributed by atoms with Crippen LogP contribution in [-0.4, -0.2) is 48.5 Å². The minimum absolute atomic E-state index is 0.201. The summed E-state index contributed by atoms with van der Waals surface area (Å²) < 4.78 is 7.58. The van der Waals surface area contributed by atoms with E-state index in [1.54, 1.807) is 6.33 Å². The second-order valence-corrected chi connectivity index (χ2v) is 6.72. The van der Waals surface area contributed by atoms with Gasteiger partial charge in [0.15, 0.2) is 5.65 Å². The summed E-state index contributed by atoms with van der Waals surface area (Å²) in [7, 11) is 0. The fourth-order valence-electron chi connectivity index (χ4n) is 2.88. The molecule has 0 radical (unpaired) electrons. The molecule has 0 bridgehead atoms. The number of fused-ring (bicyclic) bond motifs is 1.